The second-order valence-electron chi connectivity index (χ2n) is 8.54. The van der Waals surface area contributed by atoms with Crippen LogP contribution in [0.3, 0.4) is 0 Å². The number of anilines is 2. The van der Waals surface area contributed by atoms with Crippen LogP contribution in [0.5, 0.6) is 0 Å². The van der Waals surface area contributed by atoms with Gasteiger partial charge in [-0.1, -0.05) is 0 Å². The highest BCUT2D eigenvalue weighted by Crippen LogP contribution is 2.10. The van der Waals surface area contributed by atoms with E-state index in [4.69, 9.17) is 0 Å². The zero-order valence-corrected chi connectivity index (χ0v) is 20.9. The van der Waals surface area contributed by atoms with E-state index in [1.165, 1.54) is 21.6 Å². The Morgan fingerprint density at radius 3 is 2.40 bits per heavy atom. The summed E-state index contributed by atoms with van der Waals surface area (Å²) in [5.41, 5.74) is 0.802. The van der Waals surface area contributed by atoms with Gasteiger partial charge in [-0.05, 0) is 64.5 Å². The van der Waals surface area contributed by atoms with Crippen LogP contribution in [0.4, 0.5) is 20.2 Å². The van der Waals surface area contributed by atoms with E-state index in [-0.39, 0.29) is 16.8 Å². The number of pyridine rings is 2. The monoisotopic (exact) mass is 491 g/mol. The van der Waals surface area contributed by atoms with Crippen LogP contribution in [0, 0.1) is 5.95 Å². The van der Waals surface area contributed by atoms with Crippen molar-refractivity contribution >= 4 is 11.4 Å². The minimum absolute atomic E-state index is 0.0683. The topological polar surface area (TPSA) is 100.0 Å². The van der Waals surface area contributed by atoms with Crippen molar-refractivity contribution in [2.24, 2.45) is 7.05 Å². The molecule has 1 fully saturated rings. The number of aromatic nitrogens is 4. The standard InChI is InChI=1S/C10H11FN4O.C8H12N2O.C6H12FN/c1-12-7-4-3-5-15(10(7)16)8-6-14(2)13-9(8)11;1-6(2)10-7-4-3-5-9-8(7)11;1-8-4-2-3-6(7)5-8/h3-6,12H,1-2H3;3-6,10H,1-2H3,(H,9,11);6H,2-5H2,1H3. The summed E-state index contributed by atoms with van der Waals surface area (Å²) in [5, 5.41) is 9.33. The Kier molecular flexibility index (Phi) is 10.7. The van der Waals surface area contributed by atoms with Crippen molar-refractivity contribution in [1.82, 2.24) is 24.2 Å². The molecule has 0 saturated carbocycles. The van der Waals surface area contributed by atoms with Crippen LogP contribution >= 0.6 is 0 Å². The highest BCUT2D eigenvalue weighted by atomic mass is 19.1. The molecule has 3 aromatic heterocycles. The third-order valence-corrected chi connectivity index (χ3v) is 5.07. The average molecular weight is 492 g/mol. The van der Waals surface area contributed by atoms with Crippen LogP contribution in [-0.4, -0.2) is 63.6 Å². The molecule has 3 aromatic rings. The number of halogens is 2. The summed E-state index contributed by atoms with van der Waals surface area (Å²) >= 11 is 0. The lowest BCUT2D eigenvalue weighted by molar-refractivity contribution is 0.163. The first-order chi connectivity index (χ1) is 16.6. The van der Waals surface area contributed by atoms with Crippen molar-refractivity contribution in [3.05, 3.63) is 69.5 Å². The fourth-order valence-corrected chi connectivity index (χ4v) is 3.43. The van der Waals surface area contributed by atoms with Gasteiger partial charge in [0, 0.05) is 39.1 Å². The number of piperidine rings is 1. The largest absolute Gasteiger partial charge is 0.384 e. The molecule has 9 nitrogen and oxygen atoms in total. The van der Waals surface area contributed by atoms with E-state index in [9.17, 15) is 18.4 Å². The normalized spacial score (nSPS) is 15.5. The second kappa shape index (κ2) is 13.4. The molecule has 11 heteroatoms. The Morgan fingerprint density at radius 1 is 1.17 bits per heavy atom. The molecule has 4 rings (SSSR count). The molecule has 35 heavy (non-hydrogen) atoms. The Balaban J connectivity index is 0.000000198. The van der Waals surface area contributed by atoms with E-state index in [0.717, 1.165) is 19.4 Å². The molecule has 0 amide bonds. The molecule has 1 unspecified atom stereocenters. The molecular weight excluding hydrogens is 456 g/mol. The van der Waals surface area contributed by atoms with E-state index < -0.39 is 12.1 Å². The number of nitrogens with one attached hydrogen (secondary N) is 3. The number of likely N-dealkylation sites (tertiary alicyclic amines) is 1. The van der Waals surface area contributed by atoms with Gasteiger partial charge in [-0.3, -0.25) is 18.8 Å². The predicted octanol–water partition coefficient (Wildman–Crippen LogP) is 3.00. The Morgan fingerprint density at radius 2 is 1.89 bits per heavy atom. The number of hydrogen-bond donors (Lipinski definition) is 3. The average Bonchev–Trinajstić information content (AvgIpc) is 3.13. The summed E-state index contributed by atoms with van der Waals surface area (Å²) in [7, 11) is 5.20. The first-order valence-electron chi connectivity index (χ1n) is 11.5. The number of aromatic amines is 1. The van der Waals surface area contributed by atoms with Crippen LogP contribution < -0.4 is 21.8 Å². The minimum Gasteiger partial charge on any atom is -0.384 e. The molecule has 1 aliphatic rings. The van der Waals surface area contributed by atoms with Crippen LogP contribution in [0.1, 0.15) is 26.7 Å². The lowest BCUT2D eigenvalue weighted by Gasteiger charge is -2.24. The molecule has 0 aliphatic carbocycles. The predicted molar refractivity (Wildman–Crippen MR) is 136 cm³/mol. The molecule has 192 valence electrons. The van der Waals surface area contributed by atoms with Gasteiger partial charge >= 0.3 is 0 Å². The number of aryl methyl sites for hydroxylation is 1. The maximum atomic E-state index is 13.4. The van der Waals surface area contributed by atoms with E-state index in [1.807, 2.05) is 25.8 Å². The molecule has 1 saturated heterocycles. The number of hydrogen-bond acceptors (Lipinski definition) is 6. The molecule has 0 spiro atoms. The van der Waals surface area contributed by atoms with Gasteiger partial charge in [0.2, 0.25) is 0 Å². The Labute approximate surface area is 203 Å². The minimum atomic E-state index is -0.669. The van der Waals surface area contributed by atoms with Gasteiger partial charge in [-0.15, -0.1) is 5.10 Å². The molecule has 4 heterocycles. The van der Waals surface area contributed by atoms with Crippen molar-refractivity contribution in [2.75, 3.05) is 37.8 Å². The van der Waals surface area contributed by atoms with Crippen molar-refractivity contribution in [3.63, 3.8) is 0 Å². The van der Waals surface area contributed by atoms with Gasteiger partial charge in [-0.2, -0.15) is 4.39 Å². The summed E-state index contributed by atoms with van der Waals surface area (Å²) < 4.78 is 28.3. The first-order valence-corrected chi connectivity index (χ1v) is 11.5. The van der Waals surface area contributed by atoms with Crippen LogP contribution in [0.25, 0.3) is 5.69 Å². The van der Waals surface area contributed by atoms with Gasteiger partial charge in [0.05, 0.1) is 6.20 Å². The third-order valence-electron chi connectivity index (χ3n) is 5.07. The van der Waals surface area contributed by atoms with Crippen LogP contribution in [0.15, 0.2) is 52.4 Å². The van der Waals surface area contributed by atoms with Gasteiger partial charge in [-0.25, -0.2) is 4.39 Å². The van der Waals surface area contributed by atoms with E-state index >= 15 is 0 Å². The lowest BCUT2D eigenvalue weighted by atomic mass is 10.1. The molecule has 0 bridgehead atoms. The summed E-state index contributed by atoms with van der Waals surface area (Å²) in [6, 6.07) is 7.15. The molecule has 1 atom stereocenters. The summed E-state index contributed by atoms with van der Waals surface area (Å²) in [5.74, 6) is -0.669. The fraction of sp³-hybridized carbons (Fsp3) is 0.458. The van der Waals surface area contributed by atoms with Gasteiger partial charge in [0.25, 0.3) is 17.1 Å². The van der Waals surface area contributed by atoms with Crippen LogP contribution in [0.2, 0.25) is 0 Å². The third kappa shape index (κ3) is 8.67. The van der Waals surface area contributed by atoms with Gasteiger partial charge < -0.3 is 20.5 Å². The smallest absolute Gasteiger partial charge is 0.278 e. The molecular formula is C24H35F2N7O2. The van der Waals surface area contributed by atoms with Crippen molar-refractivity contribution < 1.29 is 8.78 Å². The summed E-state index contributed by atoms with van der Waals surface area (Å²) in [6.07, 6.45) is 5.81. The van der Waals surface area contributed by atoms with Crippen LogP contribution in [-0.2, 0) is 7.05 Å². The van der Waals surface area contributed by atoms with E-state index in [1.54, 1.807) is 44.6 Å². The van der Waals surface area contributed by atoms with Gasteiger partial charge in [0.1, 0.15) is 23.2 Å². The Hall–Kier alpha value is -3.47. The number of nitrogens with zero attached hydrogens (tertiary/aromatic N) is 4. The number of rotatable bonds is 4. The maximum absolute atomic E-state index is 13.4. The highest BCUT2D eigenvalue weighted by Gasteiger charge is 2.14. The van der Waals surface area contributed by atoms with Crippen molar-refractivity contribution in [2.45, 2.75) is 38.9 Å². The zero-order valence-electron chi connectivity index (χ0n) is 20.9. The molecule has 3 N–H and O–H groups in total. The quantitative estimate of drug-likeness (QED) is 0.519. The lowest BCUT2D eigenvalue weighted by Crippen LogP contribution is -2.32. The second-order valence-corrected chi connectivity index (χ2v) is 8.54. The maximum Gasteiger partial charge on any atom is 0.278 e. The van der Waals surface area contributed by atoms with Gasteiger partial charge in [0.15, 0.2) is 0 Å². The SMILES string of the molecule is CC(C)Nc1ccc[nH]c1=O.CN1CCCC(F)C1.CNc1cccn(-c2cn(C)nc2F)c1=O. The molecule has 0 aromatic carbocycles. The number of H-pyrrole nitrogens is 1. The first kappa shape index (κ1) is 27.8. The molecule has 0 radical (unpaired) electrons. The summed E-state index contributed by atoms with van der Waals surface area (Å²) in [6.45, 7) is 5.69. The molecule has 1 aliphatic heterocycles. The van der Waals surface area contributed by atoms with Crippen molar-refractivity contribution in [3.8, 4) is 5.69 Å². The Bertz CT molecular complexity index is 1160. The zero-order chi connectivity index (χ0) is 26.0. The van der Waals surface area contributed by atoms with E-state index in [0.29, 0.717) is 24.0 Å². The highest BCUT2D eigenvalue weighted by molar-refractivity contribution is 5.43. The summed E-state index contributed by atoms with van der Waals surface area (Å²) in [4.78, 5) is 27.5. The van der Waals surface area contributed by atoms with Crippen molar-refractivity contribution in [1.29, 1.82) is 0 Å². The number of alkyl halides is 1. The van der Waals surface area contributed by atoms with E-state index in [2.05, 4.69) is 20.7 Å². The fourth-order valence-electron chi connectivity index (χ4n) is 3.43.